The maximum absolute atomic E-state index is 12.1. The molecule has 1 unspecified atom stereocenters. The number of hydrogen-bond donors (Lipinski definition) is 2. The molecule has 0 saturated carbocycles. The van der Waals surface area contributed by atoms with Gasteiger partial charge in [-0.1, -0.05) is 0 Å². The Morgan fingerprint density at radius 2 is 2.35 bits per heavy atom. The summed E-state index contributed by atoms with van der Waals surface area (Å²) in [6.45, 7) is 6.61. The lowest BCUT2D eigenvalue weighted by atomic mass is 10.1. The van der Waals surface area contributed by atoms with Gasteiger partial charge in [-0.05, 0) is 39.3 Å². The largest absolute Gasteiger partial charge is 0.352 e. The predicted octanol–water partition coefficient (Wildman–Crippen LogP) is 0.376. The van der Waals surface area contributed by atoms with Crippen LogP contribution in [0.25, 0.3) is 0 Å². The number of amides is 1. The van der Waals surface area contributed by atoms with Crippen molar-refractivity contribution >= 4 is 5.91 Å². The van der Waals surface area contributed by atoms with Crippen LogP contribution in [0.2, 0.25) is 0 Å². The minimum absolute atomic E-state index is 0. The molecule has 5 heteroatoms. The van der Waals surface area contributed by atoms with Gasteiger partial charge >= 0.3 is 0 Å². The molecule has 2 heterocycles. The number of carbonyl (C=O) groups is 1. The smallest absolute Gasteiger partial charge is 0.255 e. The van der Waals surface area contributed by atoms with Crippen LogP contribution in [-0.2, 0) is 7.05 Å². The molecule has 1 fully saturated rings. The molecular formula is C12H20N4O. The van der Waals surface area contributed by atoms with Crippen molar-refractivity contribution in [2.24, 2.45) is 13.0 Å². The number of aromatic nitrogens is 2. The molecule has 94 valence electrons. The number of aryl methyl sites for hydroxylation is 2. The Kier molecular flexibility index (Phi) is 3.47. The second kappa shape index (κ2) is 4.87. The van der Waals surface area contributed by atoms with Gasteiger partial charge in [0.1, 0.15) is 0 Å². The molecule has 1 amide bonds. The van der Waals surface area contributed by atoms with Crippen LogP contribution in [0.4, 0.5) is 0 Å². The van der Waals surface area contributed by atoms with Gasteiger partial charge in [0.2, 0.25) is 0 Å². The fourth-order valence-electron chi connectivity index (χ4n) is 2.32. The maximum atomic E-state index is 12.1. The second-order valence-electron chi connectivity index (χ2n) is 4.74. The van der Waals surface area contributed by atoms with Gasteiger partial charge in [-0.2, -0.15) is 5.10 Å². The van der Waals surface area contributed by atoms with E-state index in [4.69, 9.17) is 0 Å². The van der Waals surface area contributed by atoms with Crippen LogP contribution >= 0.6 is 0 Å². The van der Waals surface area contributed by atoms with Crippen molar-refractivity contribution in [1.29, 1.82) is 0 Å². The predicted molar refractivity (Wildman–Crippen MR) is 66.0 cm³/mol. The molecule has 1 aromatic rings. The highest BCUT2D eigenvalue weighted by Crippen LogP contribution is 2.12. The Labute approximate surface area is 102 Å². The molecule has 0 aliphatic carbocycles. The molecule has 0 bridgehead atoms. The van der Waals surface area contributed by atoms with Crippen LogP contribution in [0.5, 0.6) is 0 Å². The maximum Gasteiger partial charge on any atom is 0.255 e. The summed E-state index contributed by atoms with van der Waals surface area (Å²) < 4.78 is 1.75. The van der Waals surface area contributed by atoms with Gasteiger partial charge in [0.05, 0.1) is 11.3 Å². The van der Waals surface area contributed by atoms with E-state index in [1.165, 1.54) is 0 Å². The molecule has 1 aliphatic rings. The van der Waals surface area contributed by atoms with Gasteiger partial charge < -0.3 is 10.6 Å². The van der Waals surface area contributed by atoms with Crippen LogP contribution in [0.1, 0.15) is 28.2 Å². The third-order valence-electron chi connectivity index (χ3n) is 3.45. The lowest BCUT2D eigenvalue weighted by Gasteiger charge is -2.10. The van der Waals surface area contributed by atoms with Crippen LogP contribution in [0.15, 0.2) is 0 Å². The van der Waals surface area contributed by atoms with E-state index >= 15 is 0 Å². The zero-order valence-corrected chi connectivity index (χ0v) is 10.7. The van der Waals surface area contributed by atoms with Crippen molar-refractivity contribution in [3.8, 4) is 0 Å². The number of rotatable bonds is 3. The first-order valence-electron chi connectivity index (χ1n) is 6.08. The lowest BCUT2D eigenvalue weighted by molar-refractivity contribution is 0.0947. The molecular weight excluding hydrogens is 216 g/mol. The van der Waals surface area contributed by atoms with Crippen LogP contribution in [-0.4, -0.2) is 35.3 Å². The van der Waals surface area contributed by atoms with Crippen molar-refractivity contribution < 1.29 is 4.79 Å². The number of nitrogens with one attached hydrogen (secondary N) is 2. The van der Waals surface area contributed by atoms with Crippen molar-refractivity contribution in [3.05, 3.63) is 17.0 Å². The minimum Gasteiger partial charge on any atom is -0.352 e. The molecule has 0 spiro atoms. The molecule has 0 radical (unpaired) electrons. The summed E-state index contributed by atoms with van der Waals surface area (Å²) in [6, 6.07) is 0. The third kappa shape index (κ3) is 2.49. The lowest BCUT2D eigenvalue weighted by Crippen LogP contribution is -2.30. The molecule has 1 aliphatic heterocycles. The summed E-state index contributed by atoms with van der Waals surface area (Å²) in [4.78, 5) is 12.1. The molecule has 2 N–H and O–H groups in total. The fraction of sp³-hybridized carbons (Fsp3) is 0.667. The summed E-state index contributed by atoms with van der Waals surface area (Å²) in [5.41, 5.74) is 2.44. The Hall–Kier alpha value is -1.36. The Morgan fingerprint density at radius 3 is 2.88 bits per heavy atom. The van der Waals surface area contributed by atoms with E-state index in [9.17, 15) is 4.79 Å². The van der Waals surface area contributed by atoms with Crippen molar-refractivity contribution in [1.82, 2.24) is 20.4 Å². The van der Waals surface area contributed by atoms with E-state index in [1.807, 2.05) is 20.9 Å². The summed E-state index contributed by atoms with van der Waals surface area (Å²) in [5.74, 6) is 0.566. The monoisotopic (exact) mass is 236 g/mol. The van der Waals surface area contributed by atoms with E-state index in [1.54, 1.807) is 4.68 Å². The van der Waals surface area contributed by atoms with Gasteiger partial charge in [-0.3, -0.25) is 9.48 Å². The van der Waals surface area contributed by atoms with Gasteiger partial charge in [0.25, 0.3) is 5.91 Å². The molecule has 2 rings (SSSR count). The summed E-state index contributed by atoms with van der Waals surface area (Å²) in [6.07, 6.45) is 1.14. The molecule has 1 aromatic heterocycles. The van der Waals surface area contributed by atoms with Crippen LogP contribution in [0, 0.1) is 19.8 Å². The van der Waals surface area contributed by atoms with Gasteiger partial charge in [0.15, 0.2) is 0 Å². The van der Waals surface area contributed by atoms with Crippen molar-refractivity contribution in [2.75, 3.05) is 19.6 Å². The average molecular weight is 236 g/mol. The van der Waals surface area contributed by atoms with Crippen molar-refractivity contribution in [3.63, 3.8) is 0 Å². The minimum atomic E-state index is 0. The van der Waals surface area contributed by atoms with Gasteiger partial charge in [-0.15, -0.1) is 0 Å². The van der Waals surface area contributed by atoms with Crippen LogP contribution < -0.4 is 10.6 Å². The molecule has 1 saturated heterocycles. The highest BCUT2D eigenvalue weighted by atomic mass is 16.1. The normalized spacial score (nSPS) is 19.6. The van der Waals surface area contributed by atoms with E-state index in [2.05, 4.69) is 15.7 Å². The fourth-order valence-corrected chi connectivity index (χ4v) is 2.32. The molecule has 1 atom stereocenters. The zero-order chi connectivity index (χ0) is 12.4. The zero-order valence-electron chi connectivity index (χ0n) is 10.7. The summed E-state index contributed by atoms with van der Waals surface area (Å²) >= 11 is 0. The van der Waals surface area contributed by atoms with Crippen LogP contribution in [0.3, 0.4) is 0 Å². The van der Waals surface area contributed by atoms with E-state index < -0.39 is 0 Å². The summed E-state index contributed by atoms with van der Waals surface area (Å²) in [5, 5.41) is 10.6. The second-order valence-corrected chi connectivity index (χ2v) is 4.74. The van der Waals surface area contributed by atoms with Crippen molar-refractivity contribution in [2.45, 2.75) is 20.3 Å². The molecule has 0 aromatic carbocycles. The quantitative estimate of drug-likeness (QED) is 0.797. The SMILES string of the molecule is Cc1nn(C)c(C)c1C(=O)NCC1CCNC1. The van der Waals surface area contributed by atoms with E-state index in [0.717, 1.165) is 43.0 Å². The van der Waals surface area contributed by atoms with Gasteiger partial charge in [0, 0.05) is 19.3 Å². The number of carbonyl (C=O) groups excluding carboxylic acids is 1. The standard InChI is InChI=1S/C12H20N4O/c1-8-11(9(2)16(3)15-8)12(17)14-7-10-4-5-13-6-10/h10,13H,4-7H2,1-3H3,(H,14,17). The molecule has 17 heavy (non-hydrogen) atoms. The average Bonchev–Trinajstić information content (AvgIpc) is 2.86. The molecule has 5 nitrogen and oxygen atoms in total. The first-order chi connectivity index (χ1) is 8.09. The first-order valence-corrected chi connectivity index (χ1v) is 6.08. The highest BCUT2D eigenvalue weighted by molar-refractivity contribution is 5.96. The third-order valence-corrected chi connectivity index (χ3v) is 3.45. The number of hydrogen-bond acceptors (Lipinski definition) is 3. The van der Waals surface area contributed by atoms with E-state index in [0.29, 0.717) is 5.92 Å². The number of nitrogens with zero attached hydrogens (tertiary/aromatic N) is 2. The summed E-state index contributed by atoms with van der Waals surface area (Å²) in [7, 11) is 1.86. The Bertz CT molecular complexity index is 418. The Balaban J connectivity index is 1.99. The van der Waals surface area contributed by atoms with Gasteiger partial charge in [-0.25, -0.2) is 0 Å². The topological polar surface area (TPSA) is 59.0 Å². The highest BCUT2D eigenvalue weighted by Gasteiger charge is 2.19. The Morgan fingerprint density at radius 1 is 1.59 bits per heavy atom. The first kappa shape index (κ1) is 12.1. The van der Waals surface area contributed by atoms with E-state index in [-0.39, 0.29) is 5.91 Å².